The van der Waals surface area contributed by atoms with Crippen LogP contribution in [-0.2, 0) is 4.79 Å². The average Bonchev–Trinajstić information content (AvgIpc) is 2.94. The molecule has 0 spiro atoms. The van der Waals surface area contributed by atoms with Gasteiger partial charge in [0.25, 0.3) is 5.91 Å². The number of carbonyl (C=O) groups excluding carboxylic acids is 1. The minimum Gasteiger partial charge on any atom is -0.481 e. The maximum Gasteiger partial charge on any atom is 0.267 e. The smallest absolute Gasteiger partial charge is 0.267 e. The summed E-state index contributed by atoms with van der Waals surface area (Å²) >= 11 is 1.39. The summed E-state index contributed by atoms with van der Waals surface area (Å²) in [6.45, 7) is 5.99. The van der Waals surface area contributed by atoms with E-state index < -0.39 is 6.10 Å². The number of aromatic nitrogens is 2. The van der Waals surface area contributed by atoms with Crippen molar-refractivity contribution in [3.05, 3.63) is 35.3 Å². The topological polar surface area (TPSA) is 64.1 Å². The second-order valence-corrected chi connectivity index (χ2v) is 5.93. The molecule has 1 amide bonds. The molecule has 6 heteroatoms. The molecular weight excluding hydrogens is 286 g/mol. The number of para-hydroxylation sites is 1. The predicted octanol–water partition coefficient (Wildman–Crippen LogP) is 3.46. The fourth-order valence-electron chi connectivity index (χ4n) is 1.69. The zero-order valence-corrected chi connectivity index (χ0v) is 13.2. The molecule has 0 aliphatic rings. The van der Waals surface area contributed by atoms with Crippen LogP contribution in [0.3, 0.4) is 0 Å². The molecule has 1 aromatic carbocycles. The predicted molar refractivity (Wildman–Crippen MR) is 83.8 cm³/mol. The van der Waals surface area contributed by atoms with Crippen LogP contribution in [0.4, 0.5) is 5.13 Å². The summed E-state index contributed by atoms with van der Waals surface area (Å²) in [6.07, 6.45) is 0.0372. The second kappa shape index (κ2) is 7.17. The zero-order valence-electron chi connectivity index (χ0n) is 12.4. The third-order valence-corrected chi connectivity index (χ3v) is 3.99. The highest BCUT2D eigenvalue weighted by Gasteiger charge is 2.20. The summed E-state index contributed by atoms with van der Waals surface area (Å²) in [5.41, 5.74) is 0. The highest BCUT2D eigenvalue weighted by molar-refractivity contribution is 7.15. The van der Waals surface area contributed by atoms with Crippen molar-refractivity contribution in [3.8, 4) is 5.75 Å². The van der Waals surface area contributed by atoms with Crippen molar-refractivity contribution < 1.29 is 9.53 Å². The maximum absolute atomic E-state index is 12.2. The summed E-state index contributed by atoms with van der Waals surface area (Å²) in [4.78, 5) is 12.2. The number of anilines is 1. The molecule has 2 aromatic rings. The van der Waals surface area contributed by atoms with Gasteiger partial charge in [0, 0.05) is 5.92 Å². The lowest BCUT2D eigenvalue weighted by molar-refractivity contribution is -0.122. The fourth-order valence-corrected chi connectivity index (χ4v) is 2.44. The highest BCUT2D eigenvalue weighted by Crippen LogP contribution is 2.23. The molecule has 1 atom stereocenters. The molecule has 1 aromatic heterocycles. The van der Waals surface area contributed by atoms with Crippen LogP contribution < -0.4 is 10.1 Å². The number of hydrogen-bond acceptors (Lipinski definition) is 5. The van der Waals surface area contributed by atoms with E-state index in [-0.39, 0.29) is 5.91 Å². The van der Waals surface area contributed by atoms with E-state index in [1.54, 1.807) is 0 Å². The first-order valence-electron chi connectivity index (χ1n) is 6.96. The van der Waals surface area contributed by atoms with Gasteiger partial charge in [-0.05, 0) is 18.6 Å². The van der Waals surface area contributed by atoms with Gasteiger partial charge >= 0.3 is 0 Å². The van der Waals surface area contributed by atoms with Crippen molar-refractivity contribution in [2.45, 2.75) is 39.2 Å². The molecule has 0 aliphatic heterocycles. The van der Waals surface area contributed by atoms with Crippen LogP contribution in [0, 0.1) is 0 Å². The number of rotatable bonds is 6. The standard InChI is InChI=1S/C15H19N3O2S/c1-4-12(20-11-8-6-5-7-9-11)13(19)16-15-18-17-14(21-15)10(2)3/h5-10,12H,4H2,1-3H3,(H,16,18,19)/t12-/m1/s1. The normalized spacial score (nSPS) is 12.2. The molecule has 0 fully saturated rings. The lowest BCUT2D eigenvalue weighted by atomic mass is 10.2. The quantitative estimate of drug-likeness (QED) is 0.887. The SMILES string of the molecule is CC[C@@H](Oc1ccccc1)C(=O)Nc1nnc(C(C)C)s1. The summed E-state index contributed by atoms with van der Waals surface area (Å²) in [5.74, 6) is 0.781. The van der Waals surface area contributed by atoms with Crippen LogP contribution in [0.2, 0.25) is 0 Å². The monoisotopic (exact) mass is 305 g/mol. The van der Waals surface area contributed by atoms with Gasteiger partial charge in [-0.15, -0.1) is 10.2 Å². The number of nitrogens with zero attached hydrogens (tertiary/aromatic N) is 2. The lowest BCUT2D eigenvalue weighted by Crippen LogP contribution is -2.32. The average molecular weight is 305 g/mol. The van der Waals surface area contributed by atoms with E-state index >= 15 is 0 Å². The van der Waals surface area contributed by atoms with Gasteiger partial charge in [-0.1, -0.05) is 50.3 Å². The number of ether oxygens (including phenoxy) is 1. The Morgan fingerprint density at radius 3 is 2.57 bits per heavy atom. The molecule has 2 rings (SSSR count). The first-order valence-corrected chi connectivity index (χ1v) is 7.77. The molecule has 0 saturated heterocycles. The van der Waals surface area contributed by atoms with Gasteiger partial charge in [0.1, 0.15) is 10.8 Å². The molecular formula is C15H19N3O2S. The highest BCUT2D eigenvalue weighted by atomic mass is 32.1. The van der Waals surface area contributed by atoms with Crippen molar-refractivity contribution in [2.75, 3.05) is 5.32 Å². The summed E-state index contributed by atoms with van der Waals surface area (Å²) in [5, 5.41) is 12.2. The second-order valence-electron chi connectivity index (χ2n) is 4.92. The maximum atomic E-state index is 12.2. The van der Waals surface area contributed by atoms with E-state index in [0.29, 0.717) is 23.2 Å². The molecule has 112 valence electrons. The summed E-state index contributed by atoms with van der Waals surface area (Å²) in [6, 6.07) is 9.32. The van der Waals surface area contributed by atoms with Crippen molar-refractivity contribution >= 4 is 22.4 Å². The number of carbonyl (C=O) groups is 1. The van der Waals surface area contributed by atoms with Crippen molar-refractivity contribution in [3.63, 3.8) is 0 Å². The molecule has 0 saturated carbocycles. The summed E-state index contributed by atoms with van der Waals surface area (Å²) < 4.78 is 5.70. The van der Waals surface area contributed by atoms with Crippen LogP contribution >= 0.6 is 11.3 Å². The summed E-state index contributed by atoms with van der Waals surface area (Å²) in [7, 11) is 0. The largest absolute Gasteiger partial charge is 0.481 e. The van der Waals surface area contributed by atoms with Gasteiger partial charge in [-0.25, -0.2) is 0 Å². The van der Waals surface area contributed by atoms with Crippen LogP contribution in [0.1, 0.15) is 38.1 Å². The van der Waals surface area contributed by atoms with E-state index in [4.69, 9.17) is 4.74 Å². The zero-order chi connectivity index (χ0) is 15.2. The lowest BCUT2D eigenvalue weighted by Gasteiger charge is -2.16. The van der Waals surface area contributed by atoms with E-state index in [0.717, 1.165) is 5.01 Å². The Hall–Kier alpha value is -1.95. The van der Waals surface area contributed by atoms with Gasteiger partial charge in [-0.3, -0.25) is 10.1 Å². The Balaban J connectivity index is 1.99. The fraction of sp³-hybridized carbons (Fsp3) is 0.400. The van der Waals surface area contributed by atoms with Gasteiger partial charge in [0.2, 0.25) is 5.13 Å². The first kappa shape index (κ1) is 15.4. The van der Waals surface area contributed by atoms with Crippen molar-refractivity contribution in [1.82, 2.24) is 10.2 Å². The molecule has 0 unspecified atom stereocenters. The first-order chi connectivity index (χ1) is 10.1. The Kier molecular flexibility index (Phi) is 5.27. The Morgan fingerprint density at radius 1 is 1.29 bits per heavy atom. The van der Waals surface area contributed by atoms with E-state index in [1.165, 1.54) is 11.3 Å². The van der Waals surface area contributed by atoms with Crippen molar-refractivity contribution in [2.24, 2.45) is 0 Å². The van der Waals surface area contributed by atoms with Crippen LogP contribution in [-0.4, -0.2) is 22.2 Å². The number of benzene rings is 1. The van der Waals surface area contributed by atoms with E-state index in [1.807, 2.05) is 51.1 Å². The molecule has 21 heavy (non-hydrogen) atoms. The van der Waals surface area contributed by atoms with Gasteiger partial charge in [-0.2, -0.15) is 0 Å². The minimum absolute atomic E-state index is 0.201. The third kappa shape index (κ3) is 4.26. The van der Waals surface area contributed by atoms with Crippen LogP contribution in [0.15, 0.2) is 30.3 Å². The van der Waals surface area contributed by atoms with Crippen LogP contribution in [0.5, 0.6) is 5.75 Å². The molecule has 0 radical (unpaired) electrons. The molecule has 1 N–H and O–H groups in total. The number of hydrogen-bond donors (Lipinski definition) is 1. The Bertz CT molecular complexity index is 584. The Labute approximate surface area is 128 Å². The minimum atomic E-state index is -0.543. The van der Waals surface area contributed by atoms with Gasteiger partial charge in [0.05, 0.1) is 0 Å². The molecule has 0 bridgehead atoms. The molecule has 1 heterocycles. The molecule has 0 aliphatic carbocycles. The van der Waals surface area contributed by atoms with Gasteiger partial charge in [0.15, 0.2) is 6.10 Å². The van der Waals surface area contributed by atoms with E-state index in [9.17, 15) is 4.79 Å². The van der Waals surface area contributed by atoms with Crippen LogP contribution in [0.25, 0.3) is 0 Å². The van der Waals surface area contributed by atoms with E-state index in [2.05, 4.69) is 15.5 Å². The third-order valence-electron chi connectivity index (χ3n) is 2.85. The molecule has 5 nitrogen and oxygen atoms in total. The van der Waals surface area contributed by atoms with Gasteiger partial charge < -0.3 is 4.74 Å². The number of nitrogens with one attached hydrogen (secondary N) is 1. The number of amides is 1. The Morgan fingerprint density at radius 2 is 2.00 bits per heavy atom. The van der Waals surface area contributed by atoms with Crippen molar-refractivity contribution in [1.29, 1.82) is 0 Å².